The molecular formula is C26H41N3O4. The van der Waals surface area contributed by atoms with Crippen LogP contribution in [0, 0.1) is 5.92 Å². The molecule has 0 aliphatic heterocycles. The highest BCUT2D eigenvalue weighted by Crippen LogP contribution is 2.24. The molecule has 33 heavy (non-hydrogen) atoms. The molecule has 0 saturated heterocycles. The highest BCUT2D eigenvalue weighted by Gasteiger charge is 2.37. The maximum absolute atomic E-state index is 13.7. The first-order valence-corrected chi connectivity index (χ1v) is 11.7. The van der Waals surface area contributed by atoms with Gasteiger partial charge in [-0.05, 0) is 45.6 Å². The average Bonchev–Trinajstić information content (AvgIpc) is 2.70. The first-order chi connectivity index (χ1) is 15.4. The van der Waals surface area contributed by atoms with E-state index in [-0.39, 0.29) is 30.3 Å². The fourth-order valence-electron chi connectivity index (χ4n) is 3.52. The lowest BCUT2D eigenvalue weighted by molar-refractivity contribution is -0.142. The Hall–Kier alpha value is -2.83. The molecule has 0 saturated carbocycles. The molecule has 1 aromatic rings. The van der Waals surface area contributed by atoms with Crippen LogP contribution in [-0.2, 0) is 14.3 Å². The lowest BCUT2D eigenvalue weighted by Gasteiger charge is -2.35. The lowest BCUT2D eigenvalue weighted by Crippen LogP contribution is -2.55. The van der Waals surface area contributed by atoms with Crippen molar-refractivity contribution in [1.82, 2.24) is 15.5 Å². The molecule has 1 aromatic carbocycles. The zero-order chi connectivity index (χ0) is 25.2. The van der Waals surface area contributed by atoms with Gasteiger partial charge in [-0.25, -0.2) is 4.79 Å². The van der Waals surface area contributed by atoms with Gasteiger partial charge in [0.1, 0.15) is 17.7 Å². The molecule has 1 rings (SSSR count). The van der Waals surface area contributed by atoms with Crippen molar-refractivity contribution in [1.29, 1.82) is 0 Å². The van der Waals surface area contributed by atoms with E-state index in [1.807, 2.05) is 51.1 Å². The van der Waals surface area contributed by atoms with Crippen LogP contribution in [0.2, 0.25) is 0 Å². The van der Waals surface area contributed by atoms with Crippen LogP contribution in [0.25, 0.3) is 0 Å². The number of alkyl carbamates (subject to hydrolysis) is 1. The second kappa shape index (κ2) is 13.0. The lowest BCUT2D eigenvalue weighted by atomic mass is 9.98. The Labute approximate surface area is 198 Å². The van der Waals surface area contributed by atoms with Crippen LogP contribution in [0.3, 0.4) is 0 Å². The van der Waals surface area contributed by atoms with E-state index in [1.54, 1.807) is 26.8 Å². The Morgan fingerprint density at radius 1 is 1.09 bits per heavy atom. The summed E-state index contributed by atoms with van der Waals surface area (Å²) in [6, 6.07) is 7.41. The monoisotopic (exact) mass is 459 g/mol. The topological polar surface area (TPSA) is 87.7 Å². The molecule has 0 fully saturated rings. The molecule has 0 aliphatic carbocycles. The Kier molecular flexibility index (Phi) is 11.1. The van der Waals surface area contributed by atoms with Crippen LogP contribution in [0.15, 0.2) is 43.0 Å². The number of benzene rings is 1. The van der Waals surface area contributed by atoms with Crippen LogP contribution < -0.4 is 10.6 Å². The molecule has 7 nitrogen and oxygen atoms in total. The summed E-state index contributed by atoms with van der Waals surface area (Å²) in [6.45, 7) is 16.9. The van der Waals surface area contributed by atoms with E-state index in [4.69, 9.17) is 4.74 Å². The molecule has 2 N–H and O–H groups in total. The van der Waals surface area contributed by atoms with Crippen LogP contribution in [-0.4, -0.2) is 47.0 Å². The first-order valence-electron chi connectivity index (χ1n) is 11.7. The third-order valence-electron chi connectivity index (χ3n) is 5.00. The van der Waals surface area contributed by atoms with Gasteiger partial charge in [0.25, 0.3) is 0 Å². The number of carbonyl (C=O) groups excluding carboxylic acids is 3. The van der Waals surface area contributed by atoms with Gasteiger partial charge < -0.3 is 20.3 Å². The van der Waals surface area contributed by atoms with Gasteiger partial charge in [0.2, 0.25) is 11.8 Å². The minimum atomic E-state index is -0.869. The summed E-state index contributed by atoms with van der Waals surface area (Å²) in [5.74, 6) is -0.865. The molecule has 0 radical (unpaired) electrons. The van der Waals surface area contributed by atoms with E-state index < -0.39 is 23.8 Å². The number of nitrogens with one attached hydrogen (secondary N) is 2. The maximum atomic E-state index is 13.7. The van der Waals surface area contributed by atoms with Crippen LogP contribution >= 0.6 is 0 Å². The van der Waals surface area contributed by atoms with Crippen molar-refractivity contribution < 1.29 is 19.1 Å². The normalized spacial score (nSPS) is 14.1. The SMILES string of the molecule is C=CCN(C(=O)C(NC(=O)OC(C)(C)C)C(C)C)C(C(=O)NC(C)CCC)c1ccccc1. The van der Waals surface area contributed by atoms with E-state index in [1.165, 1.54) is 4.90 Å². The van der Waals surface area contributed by atoms with Gasteiger partial charge in [-0.3, -0.25) is 9.59 Å². The summed E-state index contributed by atoms with van der Waals surface area (Å²) in [5.41, 5.74) is -0.00850. The Morgan fingerprint density at radius 3 is 2.18 bits per heavy atom. The number of amides is 3. The Balaban J connectivity index is 3.33. The van der Waals surface area contributed by atoms with Gasteiger partial charge in [0.05, 0.1) is 0 Å². The third kappa shape index (κ3) is 9.28. The quantitative estimate of drug-likeness (QED) is 0.474. The van der Waals surface area contributed by atoms with E-state index in [2.05, 4.69) is 24.1 Å². The molecule has 3 amide bonds. The summed E-state index contributed by atoms with van der Waals surface area (Å²) in [7, 11) is 0. The molecule has 0 bridgehead atoms. The molecule has 3 atom stereocenters. The number of hydrogen-bond donors (Lipinski definition) is 2. The molecule has 0 heterocycles. The largest absolute Gasteiger partial charge is 0.444 e. The van der Waals surface area contributed by atoms with Gasteiger partial charge in [0, 0.05) is 12.6 Å². The minimum absolute atomic E-state index is 0.0322. The van der Waals surface area contributed by atoms with Crippen molar-refractivity contribution in [3.05, 3.63) is 48.6 Å². The Morgan fingerprint density at radius 2 is 1.70 bits per heavy atom. The second-order valence-electron chi connectivity index (χ2n) is 9.66. The first kappa shape index (κ1) is 28.2. The summed E-state index contributed by atoms with van der Waals surface area (Å²) in [6.07, 6.45) is 2.67. The number of nitrogens with zero attached hydrogens (tertiary/aromatic N) is 1. The summed E-state index contributed by atoms with van der Waals surface area (Å²) in [4.78, 5) is 41.1. The number of hydrogen-bond acceptors (Lipinski definition) is 4. The highest BCUT2D eigenvalue weighted by molar-refractivity contribution is 5.92. The molecule has 0 aromatic heterocycles. The Bertz CT molecular complexity index is 786. The van der Waals surface area contributed by atoms with Crippen LogP contribution in [0.4, 0.5) is 4.79 Å². The van der Waals surface area contributed by atoms with Crippen molar-refractivity contribution >= 4 is 17.9 Å². The van der Waals surface area contributed by atoms with Gasteiger partial charge >= 0.3 is 6.09 Å². The summed E-state index contributed by atoms with van der Waals surface area (Å²) in [5, 5.41) is 5.73. The molecule has 184 valence electrons. The highest BCUT2D eigenvalue weighted by atomic mass is 16.6. The molecular weight excluding hydrogens is 418 g/mol. The van der Waals surface area contributed by atoms with Crippen molar-refractivity contribution in [2.45, 2.75) is 85.0 Å². The zero-order valence-corrected chi connectivity index (χ0v) is 21.2. The number of rotatable bonds is 11. The van der Waals surface area contributed by atoms with E-state index in [0.29, 0.717) is 5.56 Å². The molecule has 0 aliphatic rings. The van der Waals surface area contributed by atoms with Crippen molar-refractivity contribution in [3.63, 3.8) is 0 Å². The predicted octanol–water partition coefficient (Wildman–Crippen LogP) is 4.60. The minimum Gasteiger partial charge on any atom is -0.444 e. The van der Waals surface area contributed by atoms with Gasteiger partial charge in [0.15, 0.2) is 0 Å². The van der Waals surface area contributed by atoms with E-state index in [9.17, 15) is 14.4 Å². The predicted molar refractivity (Wildman–Crippen MR) is 132 cm³/mol. The standard InChI is InChI=1S/C26H41N3O4/c1-9-14-19(5)27-23(30)22(20-15-12-11-13-16-20)29(17-10-2)24(31)21(18(3)4)28-25(32)33-26(6,7)8/h10-13,15-16,18-19,21-22H,2,9,14,17H2,1,3-8H3,(H,27,30)(H,28,32). The molecule has 0 spiro atoms. The maximum Gasteiger partial charge on any atom is 0.408 e. The molecule has 3 unspecified atom stereocenters. The second-order valence-corrected chi connectivity index (χ2v) is 9.66. The fourth-order valence-corrected chi connectivity index (χ4v) is 3.52. The smallest absolute Gasteiger partial charge is 0.408 e. The van der Waals surface area contributed by atoms with E-state index in [0.717, 1.165) is 12.8 Å². The van der Waals surface area contributed by atoms with Gasteiger partial charge in [-0.1, -0.05) is 63.6 Å². The summed E-state index contributed by atoms with van der Waals surface area (Å²) < 4.78 is 5.36. The van der Waals surface area contributed by atoms with Crippen molar-refractivity contribution in [2.75, 3.05) is 6.54 Å². The number of ether oxygens (including phenoxy) is 1. The van der Waals surface area contributed by atoms with Crippen LogP contribution in [0.5, 0.6) is 0 Å². The number of carbonyl (C=O) groups is 3. The van der Waals surface area contributed by atoms with Crippen LogP contribution in [0.1, 0.15) is 72.9 Å². The molecule has 7 heteroatoms. The average molecular weight is 460 g/mol. The van der Waals surface area contributed by atoms with Crippen molar-refractivity contribution in [3.8, 4) is 0 Å². The van der Waals surface area contributed by atoms with Crippen molar-refractivity contribution in [2.24, 2.45) is 5.92 Å². The summed E-state index contributed by atoms with van der Waals surface area (Å²) >= 11 is 0. The van der Waals surface area contributed by atoms with E-state index >= 15 is 0 Å². The van der Waals surface area contributed by atoms with Gasteiger partial charge in [-0.15, -0.1) is 6.58 Å². The zero-order valence-electron chi connectivity index (χ0n) is 21.2. The third-order valence-corrected chi connectivity index (χ3v) is 5.00. The fraction of sp³-hybridized carbons (Fsp3) is 0.577. The van der Waals surface area contributed by atoms with Gasteiger partial charge in [-0.2, -0.15) is 0 Å².